The number of rotatable bonds is 6. The predicted molar refractivity (Wildman–Crippen MR) is 67.0 cm³/mol. The first-order chi connectivity index (χ1) is 8.63. The van der Waals surface area contributed by atoms with E-state index in [1.54, 1.807) is 25.3 Å². The molecule has 0 aromatic heterocycles. The van der Waals surface area contributed by atoms with E-state index in [4.69, 9.17) is 4.74 Å². The van der Waals surface area contributed by atoms with Gasteiger partial charge in [0.25, 0.3) is 5.69 Å². The molecule has 1 aromatic carbocycles. The Balaban J connectivity index is 2.51. The smallest absolute Gasteiger partial charge is 0.269 e. The summed E-state index contributed by atoms with van der Waals surface area (Å²) in [5, 5.41) is 13.1. The molecule has 18 heavy (non-hydrogen) atoms. The number of methoxy groups -OCH3 is 1. The molecule has 0 saturated heterocycles. The Morgan fingerprint density at radius 1 is 1.44 bits per heavy atom. The van der Waals surface area contributed by atoms with Gasteiger partial charge in [0, 0.05) is 31.9 Å². The number of hydrogen-bond acceptors (Lipinski definition) is 4. The van der Waals surface area contributed by atoms with Gasteiger partial charge in [0.2, 0.25) is 5.91 Å². The van der Waals surface area contributed by atoms with Crippen LogP contribution in [0.25, 0.3) is 6.08 Å². The molecule has 0 atom stereocenters. The molecule has 0 saturated carbocycles. The highest BCUT2D eigenvalue weighted by Crippen LogP contribution is 2.12. The topological polar surface area (TPSA) is 81.5 Å². The van der Waals surface area contributed by atoms with Gasteiger partial charge in [0.1, 0.15) is 0 Å². The number of ether oxygens (including phenoxy) is 1. The summed E-state index contributed by atoms with van der Waals surface area (Å²) in [6.07, 6.45) is 2.96. The summed E-state index contributed by atoms with van der Waals surface area (Å²) in [6, 6.07) is 5.94. The summed E-state index contributed by atoms with van der Waals surface area (Å²) < 4.78 is 4.79. The summed E-state index contributed by atoms with van der Waals surface area (Å²) in [5.41, 5.74) is 0.749. The Hall–Kier alpha value is -2.21. The predicted octanol–water partition coefficient (Wildman–Crippen LogP) is 1.37. The Morgan fingerprint density at radius 3 is 2.67 bits per heavy atom. The molecular weight excluding hydrogens is 236 g/mol. The van der Waals surface area contributed by atoms with Crippen LogP contribution in [-0.2, 0) is 9.53 Å². The van der Waals surface area contributed by atoms with E-state index in [1.165, 1.54) is 18.2 Å². The van der Waals surface area contributed by atoms with Crippen LogP contribution in [-0.4, -0.2) is 31.1 Å². The average Bonchev–Trinajstić information content (AvgIpc) is 2.37. The van der Waals surface area contributed by atoms with Crippen LogP contribution in [0.15, 0.2) is 30.3 Å². The molecular formula is C12H14N2O4. The summed E-state index contributed by atoms with van der Waals surface area (Å²) in [5.74, 6) is -0.231. The number of carbonyl (C=O) groups is 1. The molecule has 0 radical (unpaired) electrons. The Labute approximate surface area is 104 Å². The van der Waals surface area contributed by atoms with Gasteiger partial charge in [-0.25, -0.2) is 0 Å². The number of nitrogens with one attached hydrogen (secondary N) is 1. The Morgan fingerprint density at radius 2 is 2.11 bits per heavy atom. The number of nitrogens with zero attached hydrogens (tertiary/aromatic N) is 1. The maximum absolute atomic E-state index is 11.3. The molecule has 1 amide bonds. The normalized spacial score (nSPS) is 10.5. The van der Waals surface area contributed by atoms with Gasteiger partial charge in [-0.1, -0.05) is 0 Å². The molecule has 0 fully saturated rings. The van der Waals surface area contributed by atoms with E-state index < -0.39 is 4.92 Å². The monoisotopic (exact) mass is 250 g/mol. The lowest BCUT2D eigenvalue weighted by Crippen LogP contribution is -2.24. The second-order valence-electron chi connectivity index (χ2n) is 3.47. The van der Waals surface area contributed by atoms with Crippen LogP contribution in [0.5, 0.6) is 0 Å². The zero-order valence-electron chi connectivity index (χ0n) is 9.96. The number of nitro benzene ring substituents is 1. The highest BCUT2D eigenvalue weighted by molar-refractivity contribution is 5.91. The molecule has 0 aliphatic carbocycles. The third kappa shape index (κ3) is 4.75. The van der Waals surface area contributed by atoms with Gasteiger partial charge in [-0.3, -0.25) is 14.9 Å². The van der Waals surface area contributed by atoms with Gasteiger partial charge in [-0.15, -0.1) is 0 Å². The Kier molecular flexibility index (Phi) is 5.53. The van der Waals surface area contributed by atoms with Gasteiger partial charge in [0.15, 0.2) is 0 Å². The van der Waals surface area contributed by atoms with Gasteiger partial charge < -0.3 is 10.1 Å². The fourth-order valence-electron chi connectivity index (χ4n) is 1.21. The zero-order chi connectivity index (χ0) is 13.4. The van der Waals surface area contributed by atoms with Crippen LogP contribution in [0.1, 0.15) is 5.56 Å². The van der Waals surface area contributed by atoms with Crippen LogP contribution in [0.4, 0.5) is 5.69 Å². The van der Waals surface area contributed by atoms with E-state index in [2.05, 4.69) is 5.32 Å². The summed E-state index contributed by atoms with van der Waals surface area (Å²) in [6.45, 7) is 0.900. The molecule has 0 aliphatic heterocycles. The molecule has 96 valence electrons. The maximum atomic E-state index is 11.3. The fraction of sp³-hybridized carbons (Fsp3) is 0.250. The zero-order valence-corrected chi connectivity index (χ0v) is 9.96. The lowest BCUT2D eigenvalue weighted by atomic mass is 10.2. The lowest BCUT2D eigenvalue weighted by Gasteiger charge is -1.99. The van der Waals surface area contributed by atoms with Crippen molar-refractivity contribution in [2.24, 2.45) is 0 Å². The quantitative estimate of drug-likeness (QED) is 0.358. The van der Waals surface area contributed by atoms with Crippen molar-refractivity contribution in [2.75, 3.05) is 20.3 Å². The van der Waals surface area contributed by atoms with Crippen molar-refractivity contribution >= 4 is 17.7 Å². The minimum atomic E-state index is -0.467. The average molecular weight is 250 g/mol. The second kappa shape index (κ2) is 7.18. The molecule has 1 N–H and O–H groups in total. The SMILES string of the molecule is COCCNC(=O)C=Cc1ccc([N+](=O)[O-])cc1. The molecule has 0 aliphatic rings. The molecule has 6 heteroatoms. The lowest BCUT2D eigenvalue weighted by molar-refractivity contribution is -0.384. The number of non-ortho nitro benzene ring substituents is 1. The molecule has 0 bridgehead atoms. The van der Waals surface area contributed by atoms with E-state index in [1.807, 2.05) is 0 Å². The van der Waals surface area contributed by atoms with Gasteiger partial charge in [-0.2, -0.15) is 0 Å². The molecule has 1 aromatic rings. The van der Waals surface area contributed by atoms with E-state index >= 15 is 0 Å². The van der Waals surface area contributed by atoms with Crippen LogP contribution < -0.4 is 5.32 Å². The van der Waals surface area contributed by atoms with E-state index in [0.717, 1.165) is 5.56 Å². The fourth-order valence-corrected chi connectivity index (χ4v) is 1.21. The molecule has 0 heterocycles. The number of hydrogen-bond donors (Lipinski definition) is 1. The van der Waals surface area contributed by atoms with Crippen molar-refractivity contribution in [3.63, 3.8) is 0 Å². The van der Waals surface area contributed by atoms with E-state index in [9.17, 15) is 14.9 Å². The maximum Gasteiger partial charge on any atom is 0.269 e. The van der Waals surface area contributed by atoms with Crippen molar-refractivity contribution in [1.29, 1.82) is 0 Å². The first-order valence-electron chi connectivity index (χ1n) is 5.33. The van der Waals surface area contributed by atoms with Crippen LogP contribution in [0, 0.1) is 10.1 Å². The number of carbonyl (C=O) groups excluding carboxylic acids is 1. The van der Waals surface area contributed by atoms with Gasteiger partial charge in [-0.05, 0) is 23.8 Å². The summed E-state index contributed by atoms with van der Waals surface area (Å²) in [4.78, 5) is 21.3. The van der Waals surface area contributed by atoms with Crippen LogP contribution >= 0.6 is 0 Å². The Bertz CT molecular complexity index is 440. The summed E-state index contributed by atoms with van der Waals surface area (Å²) in [7, 11) is 1.55. The van der Waals surface area contributed by atoms with Crippen LogP contribution in [0.2, 0.25) is 0 Å². The molecule has 0 spiro atoms. The van der Waals surface area contributed by atoms with Gasteiger partial charge in [0.05, 0.1) is 11.5 Å². The minimum absolute atomic E-state index is 0.0247. The van der Waals surface area contributed by atoms with E-state index in [-0.39, 0.29) is 11.6 Å². The molecule has 6 nitrogen and oxygen atoms in total. The molecule has 1 rings (SSSR count). The number of benzene rings is 1. The third-order valence-corrected chi connectivity index (χ3v) is 2.14. The van der Waals surface area contributed by atoms with Crippen LogP contribution in [0.3, 0.4) is 0 Å². The van der Waals surface area contributed by atoms with E-state index in [0.29, 0.717) is 13.2 Å². The first kappa shape index (κ1) is 13.9. The van der Waals surface area contributed by atoms with Crippen molar-refractivity contribution in [3.8, 4) is 0 Å². The first-order valence-corrected chi connectivity index (χ1v) is 5.33. The number of amides is 1. The number of nitro groups is 1. The minimum Gasteiger partial charge on any atom is -0.383 e. The second-order valence-corrected chi connectivity index (χ2v) is 3.47. The van der Waals surface area contributed by atoms with Gasteiger partial charge >= 0.3 is 0 Å². The molecule has 0 unspecified atom stereocenters. The highest BCUT2D eigenvalue weighted by Gasteiger charge is 2.02. The third-order valence-electron chi connectivity index (χ3n) is 2.14. The van der Waals surface area contributed by atoms with Crippen molar-refractivity contribution in [1.82, 2.24) is 5.32 Å². The van der Waals surface area contributed by atoms with Crippen molar-refractivity contribution < 1.29 is 14.5 Å². The highest BCUT2D eigenvalue weighted by atomic mass is 16.6. The summed E-state index contributed by atoms with van der Waals surface area (Å²) >= 11 is 0. The van der Waals surface area contributed by atoms with Crippen molar-refractivity contribution in [2.45, 2.75) is 0 Å². The largest absolute Gasteiger partial charge is 0.383 e. The standard InChI is InChI=1S/C12H14N2O4/c1-18-9-8-13-12(15)7-4-10-2-5-11(6-3-10)14(16)17/h2-7H,8-9H2,1H3,(H,13,15). The van der Waals surface area contributed by atoms with Crippen molar-refractivity contribution in [3.05, 3.63) is 46.0 Å².